The number of hydrogen-bond acceptors (Lipinski definition) is 2. The van der Waals surface area contributed by atoms with Crippen LogP contribution in [0.15, 0.2) is 30.3 Å². The van der Waals surface area contributed by atoms with Gasteiger partial charge in [0.15, 0.2) is 0 Å². The predicted molar refractivity (Wildman–Crippen MR) is 85.3 cm³/mol. The second-order valence-electron chi connectivity index (χ2n) is 5.38. The molecule has 0 radical (unpaired) electrons. The van der Waals surface area contributed by atoms with Crippen LogP contribution in [0.1, 0.15) is 29.7 Å². The van der Waals surface area contributed by atoms with Crippen molar-refractivity contribution in [3.63, 3.8) is 0 Å². The van der Waals surface area contributed by atoms with Crippen molar-refractivity contribution in [1.82, 2.24) is 5.32 Å². The number of rotatable bonds is 4. The van der Waals surface area contributed by atoms with Crippen LogP contribution in [0.25, 0.3) is 11.1 Å². The molecular formula is C18H22FNO. The summed E-state index contributed by atoms with van der Waals surface area (Å²) >= 11 is 0. The zero-order valence-corrected chi connectivity index (χ0v) is 13.3. The fraction of sp³-hybridized carbons (Fsp3) is 0.333. The minimum absolute atomic E-state index is 0.155. The lowest BCUT2D eigenvalue weighted by Gasteiger charge is -2.19. The van der Waals surface area contributed by atoms with Gasteiger partial charge in [-0.3, -0.25) is 0 Å². The highest BCUT2D eigenvalue weighted by Gasteiger charge is 2.15. The first-order valence-corrected chi connectivity index (χ1v) is 7.10. The van der Waals surface area contributed by atoms with Crippen LogP contribution in [0.3, 0.4) is 0 Å². The molecule has 0 saturated carbocycles. The molecule has 0 aromatic heterocycles. The highest BCUT2D eigenvalue weighted by Crippen LogP contribution is 2.34. The molecule has 0 aliphatic heterocycles. The van der Waals surface area contributed by atoms with Crippen molar-refractivity contribution >= 4 is 0 Å². The van der Waals surface area contributed by atoms with Gasteiger partial charge in [-0.2, -0.15) is 0 Å². The van der Waals surface area contributed by atoms with Gasteiger partial charge < -0.3 is 10.1 Å². The molecular weight excluding hydrogens is 265 g/mol. The standard InChI is InChI=1S/C18H22FNO/c1-11-9-18(21-5)12(2)8-16(11)17-10-14(19)6-7-15(17)13(3)20-4/h6-10,13,20H,1-5H3. The zero-order valence-electron chi connectivity index (χ0n) is 13.3. The Bertz CT molecular complexity index is 652. The molecule has 3 heteroatoms. The smallest absolute Gasteiger partial charge is 0.123 e. The molecule has 0 bridgehead atoms. The van der Waals surface area contributed by atoms with Crippen LogP contribution in [0.2, 0.25) is 0 Å². The SMILES string of the molecule is CNC(C)c1ccc(F)cc1-c1cc(C)c(OC)cc1C. The summed E-state index contributed by atoms with van der Waals surface area (Å²) < 4.78 is 19.1. The number of ether oxygens (including phenoxy) is 1. The average molecular weight is 287 g/mol. The molecule has 0 aliphatic rings. The number of aryl methyl sites for hydroxylation is 2. The molecule has 0 spiro atoms. The number of benzene rings is 2. The Morgan fingerprint density at radius 1 is 1.05 bits per heavy atom. The van der Waals surface area contributed by atoms with Gasteiger partial charge in [0.1, 0.15) is 11.6 Å². The van der Waals surface area contributed by atoms with Gasteiger partial charge in [0.2, 0.25) is 0 Å². The monoisotopic (exact) mass is 287 g/mol. The fourth-order valence-corrected chi connectivity index (χ4v) is 2.59. The summed E-state index contributed by atoms with van der Waals surface area (Å²) in [6.45, 7) is 6.10. The molecule has 2 rings (SSSR count). The summed E-state index contributed by atoms with van der Waals surface area (Å²) in [6.07, 6.45) is 0. The molecule has 21 heavy (non-hydrogen) atoms. The van der Waals surface area contributed by atoms with E-state index in [-0.39, 0.29) is 11.9 Å². The maximum Gasteiger partial charge on any atom is 0.123 e. The number of hydrogen-bond donors (Lipinski definition) is 1. The summed E-state index contributed by atoms with van der Waals surface area (Å²) in [5.74, 6) is 0.640. The van der Waals surface area contributed by atoms with Crippen molar-refractivity contribution in [2.24, 2.45) is 0 Å². The van der Waals surface area contributed by atoms with E-state index in [1.807, 2.05) is 33.0 Å². The Morgan fingerprint density at radius 3 is 2.38 bits per heavy atom. The minimum Gasteiger partial charge on any atom is -0.496 e. The summed E-state index contributed by atoms with van der Waals surface area (Å²) in [4.78, 5) is 0. The second kappa shape index (κ2) is 6.27. The van der Waals surface area contributed by atoms with Crippen molar-refractivity contribution < 1.29 is 9.13 Å². The third-order valence-electron chi connectivity index (χ3n) is 3.95. The molecule has 2 aromatic rings. The third kappa shape index (κ3) is 3.08. The van der Waals surface area contributed by atoms with Gasteiger partial charge in [0.05, 0.1) is 7.11 Å². The largest absolute Gasteiger partial charge is 0.496 e. The van der Waals surface area contributed by atoms with Crippen LogP contribution < -0.4 is 10.1 Å². The molecule has 0 aliphatic carbocycles. The summed E-state index contributed by atoms with van der Waals surface area (Å²) in [6, 6.07) is 9.20. The van der Waals surface area contributed by atoms with E-state index in [1.165, 1.54) is 6.07 Å². The Hall–Kier alpha value is -1.87. The molecule has 0 amide bonds. The van der Waals surface area contributed by atoms with Gasteiger partial charge >= 0.3 is 0 Å². The quantitative estimate of drug-likeness (QED) is 0.900. The van der Waals surface area contributed by atoms with E-state index in [0.29, 0.717) is 0 Å². The highest BCUT2D eigenvalue weighted by atomic mass is 19.1. The molecule has 2 aromatic carbocycles. The predicted octanol–water partition coefficient (Wildman–Crippen LogP) is 4.40. The van der Waals surface area contributed by atoms with Gasteiger partial charge in [-0.15, -0.1) is 0 Å². The van der Waals surface area contributed by atoms with Gasteiger partial charge in [-0.25, -0.2) is 4.39 Å². The van der Waals surface area contributed by atoms with Crippen molar-refractivity contribution in [2.75, 3.05) is 14.2 Å². The second-order valence-corrected chi connectivity index (χ2v) is 5.38. The van der Waals surface area contributed by atoms with Crippen LogP contribution in [-0.2, 0) is 0 Å². The molecule has 0 heterocycles. The average Bonchev–Trinajstić information content (AvgIpc) is 2.48. The minimum atomic E-state index is -0.218. The Kier molecular flexibility index (Phi) is 4.63. The molecule has 0 fully saturated rings. The highest BCUT2D eigenvalue weighted by molar-refractivity contribution is 5.73. The molecule has 1 atom stereocenters. The lowest BCUT2D eigenvalue weighted by Crippen LogP contribution is -2.13. The topological polar surface area (TPSA) is 21.3 Å². The number of halogens is 1. The third-order valence-corrected chi connectivity index (χ3v) is 3.95. The van der Waals surface area contributed by atoms with Gasteiger partial charge in [-0.05, 0) is 79.9 Å². The Balaban J connectivity index is 2.66. The van der Waals surface area contributed by atoms with E-state index in [4.69, 9.17) is 4.74 Å². The normalized spacial score (nSPS) is 12.3. The Labute approximate surface area is 126 Å². The molecule has 112 valence electrons. The van der Waals surface area contributed by atoms with E-state index < -0.39 is 0 Å². The molecule has 0 saturated heterocycles. The summed E-state index contributed by atoms with van der Waals surface area (Å²) in [5.41, 5.74) is 5.19. The zero-order chi connectivity index (χ0) is 15.6. The molecule has 1 N–H and O–H groups in total. The van der Waals surface area contributed by atoms with Crippen LogP contribution in [-0.4, -0.2) is 14.2 Å². The number of nitrogens with one attached hydrogen (secondary N) is 1. The first-order valence-electron chi connectivity index (χ1n) is 7.10. The lowest BCUT2D eigenvalue weighted by molar-refractivity contribution is 0.411. The van der Waals surface area contributed by atoms with E-state index in [9.17, 15) is 4.39 Å². The maximum atomic E-state index is 13.7. The van der Waals surface area contributed by atoms with Crippen LogP contribution in [0.5, 0.6) is 5.75 Å². The van der Waals surface area contributed by atoms with Gasteiger partial charge in [0, 0.05) is 6.04 Å². The van der Waals surface area contributed by atoms with E-state index in [2.05, 4.69) is 18.3 Å². The summed E-state index contributed by atoms with van der Waals surface area (Å²) in [5, 5.41) is 3.22. The van der Waals surface area contributed by atoms with Crippen LogP contribution in [0, 0.1) is 19.7 Å². The van der Waals surface area contributed by atoms with Crippen LogP contribution >= 0.6 is 0 Å². The van der Waals surface area contributed by atoms with Crippen molar-refractivity contribution in [1.29, 1.82) is 0 Å². The van der Waals surface area contributed by atoms with Crippen LogP contribution in [0.4, 0.5) is 4.39 Å². The summed E-state index contributed by atoms with van der Waals surface area (Å²) in [7, 11) is 3.57. The first-order chi connectivity index (χ1) is 9.97. The van der Waals surface area contributed by atoms with Crippen molar-refractivity contribution in [3.05, 3.63) is 52.8 Å². The van der Waals surface area contributed by atoms with Crippen molar-refractivity contribution in [2.45, 2.75) is 26.8 Å². The van der Waals surface area contributed by atoms with Crippen molar-refractivity contribution in [3.8, 4) is 16.9 Å². The number of methoxy groups -OCH3 is 1. The Morgan fingerprint density at radius 2 is 1.76 bits per heavy atom. The van der Waals surface area contributed by atoms with Gasteiger partial charge in [0.25, 0.3) is 0 Å². The first kappa shape index (κ1) is 15.5. The van der Waals surface area contributed by atoms with Gasteiger partial charge in [-0.1, -0.05) is 6.07 Å². The maximum absolute atomic E-state index is 13.7. The van der Waals surface area contributed by atoms with E-state index >= 15 is 0 Å². The molecule has 2 nitrogen and oxygen atoms in total. The lowest BCUT2D eigenvalue weighted by atomic mass is 9.91. The fourth-order valence-electron chi connectivity index (χ4n) is 2.59. The van der Waals surface area contributed by atoms with E-state index in [1.54, 1.807) is 13.2 Å². The van der Waals surface area contributed by atoms with E-state index in [0.717, 1.165) is 33.6 Å². The molecule has 1 unspecified atom stereocenters.